The summed E-state index contributed by atoms with van der Waals surface area (Å²) in [7, 11) is 0. The second kappa shape index (κ2) is 5.04. The average molecular weight is 287 g/mol. The number of aromatic nitrogens is 3. The lowest BCUT2D eigenvalue weighted by Crippen LogP contribution is -2.06. The third-order valence-corrected chi connectivity index (χ3v) is 3.68. The molecular weight excluding hydrogens is 274 g/mol. The first-order chi connectivity index (χ1) is 10.8. The number of rotatable bonds is 1. The van der Waals surface area contributed by atoms with Gasteiger partial charge in [0.15, 0.2) is 0 Å². The molecule has 3 heterocycles. The van der Waals surface area contributed by atoms with Crippen LogP contribution < -0.4 is 5.73 Å². The highest BCUT2D eigenvalue weighted by molar-refractivity contribution is 5.92. The van der Waals surface area contributed by atoms with Crippen molar-refractivity contribution in [1.82, 2.24) is 15.0 Å². The molecular formula is C17H13N5. The summed E-state index contributed by atoms with van der Waals surface area (Å²) in [5.41, 5.74) is 10.4. The Balaban J connectivity index is 1.99. The van der Waals surface area contributed by atoms with Gasteiger partial charge < -0.3 is 5.73 Å². The lowest BCUT2D eigenvalue weighted by molar-refractivity contribution is 0.827. The van der Waals surface area contributed by atoms with Crippen LogP contribution in [0, 0.1) is 0 Å². The Kier molecular flexibility index (Phi) is 2.89. The van der Waals surface area contributed by atoms with Crippen LogP contribution in [-0.2, 0) is 0 Å². The quantitative estimate of drug-likeness (QED) is 0.746. The van der Waals surface area contributed by atoms with Crippen molar-refractivity contribution in [2.24, 2.45) is 4.99 Å². The molecule has 106 valence electrons. The molecule has 3 aromatic rings. The van der Waals surface area contributed by atoms with Gasteiger partial charge in [-0.15, -0.1) is 0 Å². The zero-order valence-corrected chi connectivity index (χ0v) is 11.7. The lowest BCUT2D eigenvalue weighted by atomic mass is 9.98. The first-order valence-electron chi connectivity index (χ1n) is 6.99. The predicted molar refractivity (Wildman–Crippen MR) is 85.6 cm³/mol. The zero-order chi connectivity index (χ0) is 14.9. The number of aliphatic imine (C=N–C) groups is 1. The van der Waals surface area contributed by atoms with E-state index in [9.17, 15) is 0 Å². The van der Waals surface area contributed by atoms with Crippen molar-refractivity contribution < 1.29 is 0 Å². The van der Waals surface area contributed by atoms with Crippen molar-refractivity contribution in [3.8, 4) is 11.3 Å². The monoisotopic (exact) mass is 287 g/mol. The highest BCUT2D eigenvalue weighted by Gasteiger charge is 2.23. The number of anilines is 1. The van der Waals surface area contributed by atoms with Crippen LogP contribution >= 0.6 is 0 Å². The Labute approximate surface area is 127 Å². The van der Waals surface area contributed by atoms with Gasteiger partial charge in [-0.05, 0) is 12.1 Å². The van der Waals surface area contributed by atoms with Crippen molar-refractivity contribution in [1.29, 1.82) is 0 Å². The SMILES string of the molecule is Nc1ncc2c(n1)-c1ccccc1C=NC2c1ccccn1. The molecule has 1 unspecified atom stereocenters. The number of hydrogen-bond donors (Lipinski definition) is 1. The molecule has 0 fully saturated rings. The number of nitrogen functional groups attached to an aromatic ring is 1. The van der Waals surface area contributed by atoms with E-state index in [2.05, 4.69) is 15.0 Å². The Morgan fingerprint density at radius 1 is 0.955 bits per heavy atom. The predicted octanol–water partition coefficient (Wildman–Crippen LogP) is 2.64. The van der Waals surface area contributed by atoms with E-state index in [-0.39, 0.29) is 12.0 Å². The molecule has 2 N–H and O–H groups in total. The van der Waals surface area contributed by atoms with Gasteiger partial charge in [0.25, 0.3) is 0 Å². The van der Waals surface area contributed by atoms with Crippen LogP contribution in [0.5, 0.6) is 0 Å². The van der Waals surface area contributed by atoms with Crippen molar-refractivity contribution in [3.05, 3.63) is 71.7 Å². The molecule has 5 heteroatoms. The second-order valence-corrected chi connectivity index (χ2v) is 5.05. The minimum absolute atomic E-state index is 0.232. The fraction of sp³-hybridized carbons (Fsp3) is 0.0588. The molecule has 22 heavy (non-hydrogen) atoms. The topological polar surface area (TPSA) is 77.0 Å². The van der Waals surface area contributed by atoms with Gasteiger partial charge in [-0.2, -0.15) is 0 Å². The molecule has 1 aliphatic heterocycles. The van der Waals surface area contributed by atoms with Gasteiger partial charge in [0, 0.05) is 35.3 Å². The standard InChI is InChI=1S/C17H13N5/c18-17-21-10-13-15(22-17)12-6-2-1-5-11(12)9-20-16(13)14-7-3-4-8-19-14/h1-10,16H,(H2,18,21,22). The van der Waals surface area contributed by atoms with Gasteiger partial charge in [0.1, 0.15) is 6.04 Å². The van der Waals surface area contributed by atoms with Gasteiger partial charge in [0.05, 0.1) is 11.4 Å². The van der Waals surface area contributed by atoms with Crippen LogP contribution in [0.4, 0.5) is 5.95 Å². The van der Waals surface area contributed by atoms with Crippen LogP contribution in [0.15, 0.2) is 59.9 Å². The van der Waals surface area contributed by atoms with Gasteiger partial charge >= 0.3 is 0 Å². The largest absolute Gasteiger partial charge is 0.368 e. The molecule has 1 atom stereocenters. The maximum absolute atomic E-state index is 5.80. The molecule has 0 spiro atoms. The van der Waals surface area contributed by atoms with Crippen LogP contribution in [0.1, 0.15) is 22.9 Å². The third kappa shape index (κ3) is 2.03. The Bertz CT molecular complexity index is 858. The van der Waals surface area contributed by atoms with Crippen LogP contribution in [-0.4, -0.2) is 21.2 Å². The maximum atomic E-state index is 5.80. The summed E-state index contributed by atoms with van der Waals surface area (Å²) in [6.45, 7) is 0. The minimum atomic E-state index is -0.232. The Morgan fingerprint density at radius 2 is 1.82 bits per heavy atom. The van der Waals surface area contributed by atoms with Gasteiger partial charge in [-0.3, -0.25) is 9.98 Å². The van der Waals surface area contributed by atoms with E-state index in [1.807, 2.05) is 48.7 Å². The number of fused-ring (bicyclic) bond motifs is 3. The second-order valence-electron chi connectivity index (χ2n) is 5.05. The molecule has 0 aliphatic carbocycles. The molecule has 2 aromatic heterocycles. The van der Waals surface area contributed by atoms with E-state index >= 15 is 0 Å². The van der Waals surface area contributed by atoms with Crippen molar-refractivity contribution in [3.63, 3.8) is 0 Å². The zero-order valence-electron chi connectivity index (χ0n) is 11.7. The molecule has 4 rings (SSSR count). The molecule has 0 bridgehead atoms. The van der Waals surface area contributed by atoms with E-state index in [0.29, 0.717) is 0 Å². The molecule has 0 amide bonds. The normalized spacial score (nSPS) is 15.7. The lowest BCUT2D eigenvalue weighted by Gasteiger charge is -2.14. The summed E-state index contributed by atoms with van der Waals surface area (Å²) in [6.07, 6.45) is 5.38. The number of pyridine rings is 1. The highest BCUT2D eigenvalue weighted by Crippen LogP contribution is 2.35. The summed E-state index contributed by atoms with van der Waals surface area (Å²) in [5.74, 6) is 0.259. The van der Waals surface area contributed by atoms with Crippen molar-refractivity contribution >= 4 is 12.2 Å². The summed E-state index contributed by atoms with van der Waals surface area (Å²) in [4.78, 5) is 17.7. The van der Waals surface area contributed by atoms with Crippen LogP contribution in [0.2, 0.25) is 0 Å². The average Bonchev–Trinajstić information content (AvgIpc) is 2.73. The van der Waals surface area contributed by atoms with E-state index in [1.165, 1.54) is 0 Å². The van der Waals surface area contributed by atoms with E-state index in [4.69, 9.17) is 10.7 Å². The first-order valence-corrected chi connectivity index (χ1v) is 6.99. The summed E-state index contributed by atoms with van der Waals surface area (Å²) >= 11 is 0. The smallest absolute Gasteiger partial charge is 0.220 e. The van der Waals surface area contributed by atoms with Gasteiger partial charge in [-0.1, -0.05) is 30.3 Å². The fourth-order valence-corrected chi connectivity index (χ4v) is 2.65. The van der Waals surface area contributed by atoms with E-state index in [0.717, 1.165) is 28.1 Å². The van der Waals surface area contributed by atoms with Gasteiger partial charge in [-0.25, -0.2) is 9.97 Å². The van der Waals surface area contributed by atoms with Crippen molar-refractivity contribution in [2.75, 3.05) is 5.73 Å². The molecule has 1 aromatic carbocycles. The van der Waals surface area contributed by atoms with E-state index in [1.54, 1.807) is 12.4 Å². The number of benzene rings is 1. The highest BCUT2D eigenvalue weighted by atomic mass is 15.0. The molecule has 0 radical (unpaired) electrons. The fourth-order valence-electron chi connectivity index (χ4n) is 2.65. The Hall–Kier alpha value is -3.08. The Morgan fingerprint density at radius 3 is 2.68 bits per heavy atom. The first kappa shape index (κ1) is 12.6. The molecule has 1 aliphatic rings. The van der Waals surface area contributed by atoms with Crippen LogP contribution in [0.25, 0.3) is 11.3 Å². The maximum Gasteiger partial charge on any atom is 0.220 e. The molecule has 0 saturated carbocycles. The summed E-state index contributed by atoms with van der Waals surface area (Å²) in [5, 5.41) is 0. The van der Waals surface area contributed by atoms with Crippen LogP contribution in [0.3, 0.4) is 0 Å². The molecule has 0 saturated heterocycles. The molecule has 5 nitrogen and oxygen atoms in total. The van der Waals surface area contributed by atoms with Crippen molar-refractivity contribution in [2.45, 2.75) is 6.04 Å². The van der Waals surface area contributed by atoms with Gasteiger partial charge in [0.2, 0.25) is 5.95 Å². The number of hydrogen-bond acceptors (Lipinski definition) is 5. The summed E-state index contributed by atoms with van der Waals surface area (Å²) in [6, 6.07) is 13.6. The third-order valence-electron chi connectivity index (χ3n) is 3.68. The van der Waals surface area contributed by atoms with E-state index < -0.39 is 0 Å². The number of nitrogens with zero attached hydrogens (tertiary/aromatic N) is 4. The summed E-state index contributed by atoms with van der Waals surface area (Å²) < 4.78 is 0. The number of nitrogens with two attached hydrogens (primary N) is 1. The minimum Gasteiger partial charge on any atom is -0.368 e.